The Morgan fingerprint density at radius 1 is 1.15 bits per heavy atom. The van der Waals surface area contributed by atoms with Crippen LogP contribution < -0.4 is 16.0 Å². The summed E-state index contributed by atoms with van der Waals surface area (Å²) >= 11 is 0. The van der Waals surface area contributed by atoms with Gasteiger partial charge in [-0.1, -0.05) is 6.07 Å². The monoisotopic (exact) mass is 455 g/mol. The maximum atomic E-state index is 12.7. The first kappa shape index (κ1) is 22.9. The summed E-state index contributed by atoms with van der Waals surface area (Å²) in [5.41, 5.74) is 0.682. The molecule has 2 saturated heterocycles. The van der Waals surface area contributed by atoms with Crippen LogP contribution in [0.4, 0.5) is 17.5 Å². The van der Waals surface area contributed by atoms with Crippen LogP contribution in [-0.4, -0.2) is 76.2 Å². The first-order valence-electron chi connectivity index (χ1n) is 11.0. The van der Waals surface area contributed by atoms with Crippen molar-refractivity contribution in [2.24, 2.45) is 0 Å². The molecule has 0 aromatic carbocycles. The number of amides is 1. The van der Waals surface area contributed by atoms with Gasteiger partial charge in [0.1, 0.15) is 23.0 Å². The van der Waals surface area contributed by atoms with Gasteiger partial charge in [-0.2, -0.15) is 9.61 Å². The molecule has 11 nitrogen and oxygen atoms in total. The summed E-state index contributed by atoms with van der Waals surface area (Å²) in [5.74, 6) is 1.43. The number of hydrogen-bond acceptors (Lipinski definition) is 9. The van der Waals surface area contributed by atoms with Gasteiger partial charge in [-0.05, 0) is 31.4 Å². The molecule has 0 aliphatic carbocycles. The van der Waals surface area contributed by atoms with Crippen molar-refractivity contribution in [3.8, 4) is 0 Å². The highest BCUT2D eigenvalue weighted by Crippen LogP contribution is 2.21. The van der Waals surface area contributed by atoms with Crippen molar-refractivity contribution in [2.75, 3.05) is 44.1 Å². The summed E-state index contributed by atoms with van der Waals surface area (Å²) in [4.78, 5) is 21.4. The van der Waals surface area contributed by atoms with Crippen molar-refractivity contribution in [2.45, 2.75) is 31.4 Å². The van der Waals surface area contributed by atoms with Crippen molar-refractivity contribution < 1.29 is 19.4 Å². The second-order valence-corrected chi connectivity index (χ2v) is 7.77. The van der Waals surface area contributed by atoms with Crippen molar-refractivity contribution in [1.82, 2.24) is 24.9 Å². The number of pyridine rings is 1. The minimum absolute atomic E-state index is 0.208. The van der Waals surface area contributed by atoms with Crippen LogP contribution in [0.25, 0.3) is 5.65 Å². The van der Waals surface area contributed by atoms with Gasteiger partial charge in [0.25, 0.3) is 5.91 Å². The van der Waals surface area contributed by atoms with Gasteiger partial charge in [0.2, 0.25) is 0 Å². The van der Waals surface area contributed by atoms with Gasteiger partial charge in [0.05, 0.1) is 31.6 Å². The van der Waals surface area contributed by atoms with Crippen LogP contribution in [0.2, 0.25) is 0 Å². The van der Waals surface area contributed by atoms with Gasteiger partial charge in [0.15, 0.2) is 5.65 Å². The lowest BCUT2D eigenvalue weighted by Crippen LogP contribution is -2.42. The normalized spacial score (nSPS) is 20.1. The lowest BCUT2D eigenvalue weighted by molar-refractivity contribution is 0.0887. The highest BCUT2D eigenvalue weighted by molar-refractivity contribution is 6.00. The fourth-order valence-corrected chi connectivity index (χ4v) is 3.55. The quantitative estimate of drug-likeness (QED) is 0.452. The average Bonchev–Trinajstić information content (AvgIpc) is 3.47. The van der Waals surface area contributed by atoms with E-state index in [1.807, 2.05) is 18.2 Å². The number of nitrogens with one attached hydrogen (secondary N) is 3. The molecule has 4 N–H and O–H groups in total. The minimum Gasteiger partial charge on any atom is -0.388 e. The molecule has 3 aromatic rings. The maximum Gasteiger partial charge on any atom is 0.257 e. The molecule has 0 radical (unpaired) electrons. The van der Waals surface area contributed by atoms with Crippen LogP contribution in [-0.2, 0) is 9.47 Å². The highest BCUT2D eigenvalue weighted by Gasteiger charge is 2.29. The molecule has 0 saturated carbocycles. The smallest absolute Gasteiger partial charge is 0.257 e. The number of aliphatic hydroxyl groups is 1. The van der Waals surface area contributed by atoms with E-state index < -0.39 is 12.1 Å². The lowest BCUT2D eigenvalue weighted by Gasteiger charge is -2.14. The van der Waals surface area contributed by atoms with Gasteiger partial charge >= 0.3 is 0 Å². The highest BCUT2D eigenvalue weighted by atomic mass is 16.5. The topological polar surface area (TPSA) is 135 Å². The molecule has 11 heteroatoms. The van der Waals surface area contributed by atoms with E-state index in [4.69, 9.17) is 9.47 Å². The summed E-state index contributed by atoms with van der Waals surface area (Å²) in [6, 6.07) is 6.81. The zero-order valence-corrected chi connectivity index (χ0v) is 18.5. The number of rotatable bonds is 5. The van der Waals surface area contributed by atoms with Crippen LogP contribution in [0.3, 0.4) is 0 Å². The SMILES string of the molecule is C1CCOCC1.CNc1cc(Nc2ccccn2)nc2c(C(=O)NC3COCC3O)cnn12. The third-order valence-corrected chi connectivity index (χ3v) is 5.34. The number of fused-ring (bicyclic) bond motifs is 1. The summed E-state index contributed by atoms with van der Waals surface area (Å²) in [6.07, 6.45) is 6.33. The van der Waals surface area contributed by atoms with Gasteiger partial charge in [-0.25, -0.2) is 9.97 Å². The first-order chi connectivity index (χ1) is 16.2. The van der Waals surface area contributed by atoms with Crippen LogP contribution in [0.15, 0.2) is 36.7 Å². The van der Waals surface area contributed by atoms with Crippen LogP contribution in [0.5, 0.6) is 0 Å². The number of carbonyl (C=O) groups excluding carboxylic acids is 1. The largest absolute Gasteiger partial charge is 0.388 e. The summed E-state index contributed by atoms with van der Waals surface area (Å²) in [6.45, 7) is 2.48. The zero-order chi connectivity index (χ0) is 23.0. The van der Waals surface area contributed by atoms with E-state index in [1.165, 1.54) is 25.5 Å². The minimum atomic E-state index is -0.724. The fourth-order valence-electron chi connectivity index (χ4n) is 3.55. The predicted octanol–water partition coefficient (Wildman–Crippen LogP) is 1.59. The molecule has 176 valence electrons. The van der Waals surface area contributed by atoms with Crippen molar-refractivity contribution >= 4 is 29.0 Å². The van der Waals surface area contributed by atoms with Gasteiger partial charge in [-0.15, -0.1) is 0 Å². The van der Waals surface area contributed by atoms with Gasteiger partial charge in [0, 0.05) is 32.5 Å². The van der Waals surface area contributed by atoms with Crippen LogP contribution in [0, 0.1) is 0 Å². The van der Waals surface area contributed by atoms with Crippen LogP contribution >= 0.6 is 0 Å². The van der Waals surface area contributed by atoms with E-state index in [0.717, 1.165) is 13.2 Å². The Hall–Kier alpha value is -3.28. The molecule has 1 amide bonds. The van der Waals surface area contributed by atoms with E-state index >= 15 is 0 Å². The third kappa shape index (κ3) is 5.75. The van der Waals surface area contributed by atoms with E-state index in [1.54, 1.807) is 23.8 Å². The molecule has 2 aliphatic rings. The molecule has 5 rings (SSSR count). The second kappa shape index (κ2) is 11.0. The number of ether oxygens (including phenoxy) is 2. The molecule has 0 spiro atoms. The standard InChI is InChI=1S/C17H19N7O3.C5H10O/c1-18-15-6-14(22-13-4-2-3-5-19-13)23-16-10(7-20-24(15)16)17(26)21-11-8-27-9-12(11)25;1-2-4-6-5-3-1/h2-7,11-12,18,25H,8-9H2,1H3,(H,21,26)(H,19,22,23);1-5H2. The molecule has 2 fully saturated rings. The Kier molecular flexibility index (Phi) is 7.66. The predicted molar refractivity (Wildman–Crippen MR) is 123 cm³/mol. The summed E-state index contributed by atoms with van der Waals surface area (Å²) < 4.78 is 11.8. The molecular weight excluding hydrogens is 426 g/mol. The number of anilines is 3. The Bertz CT molecular complexity index is 1040. The lowest BCUT2D eigenvalue weighted by atomic mass is 10.2. The number of carbonyl (C=O) groups is 1. The third-order valence-electron chi connectivity index (χ3n) is 5.34. The molecule has 0 bridgehead atoms. The molecule has 5 heterocycles. The molecular formula is C22H29N7O4. The number of aliphatic hydroxyl groups excluding tert-OH is 1. The molecule has 3 aromatic heterocycles. The first-order valence-corrected chi connectivity index (χ1v) is 11.0. The molecule has 2 unspecified atom stereocenters. The van der Waals surface area contributed by atoms with Crippen molar-refractivity contribution in [1.29, 1.82) is 0 Å². The summed E-state index contributed by atoms with van der Waals surface area (Å²) in [5, 5.41) is 23.0. The van der Waals surface area contributed by atoms with Crippen molar-refractivity contribution in [3.05, 3.63) is 42.2 Å². The maximum absolute atomic E-state index is 12.7. The Morgan fingerprint density at radius 2 is 2.00 bits per heavy atom. The summed E-state index contributed by atoms with van der Waals surface area (Å²) in [7, 11) is 1.76. The Morgan fingerprint density at radius 3 is 2.61 bits per heavy atom. The number of hydrogen-bond donors (Lipinski definition) is 4. The van der Waals surface area contributed by atoms with Gasteiger partial charge in [-0.3, -0.25) is 4.79 Å². The zero-order valence-electron chi connectivity index (χ0n) is 18.5. The van der Waals surface area contributed by atoms with E-state index in [-0.39, 0.29) is 19.1 Å². The molecule has 2 aliphatic heterocycles. The average molecular weight is 456 g/mol. The molecule has 2 atom stereocenters. The van der Waals surface area contributed by atoms with Crippen LogP contribution in [0.1, 0.15) is 29.6 Å². The van der Waals surface area contributed by atoms with E-state index in [2.05, 4.69) is 31.0 Å². The Labute approximate surface area is 191 Å². The second-order valence-electron chi connectivity index (χ2n) is 7.77. The van der Waals surface area contributed by atoms with E-state index in [0.29, 0.717) is 28.7 Å². The fraction of sp³-hybridized carbons (Fsp3) is 0.455. The number of aromatic nitrogens is 4. The number of nitrogens with zero attached hydrogens (tertiary/aromatic N) is 4. The molecule has 33 heavy (non-hydrogen) atoms. The van der Waals surface area contributed by atoms with Gasteiger partial charge < -0.3 is 30.5 Å². The Balaban J connectivity index is 0.000000376. The van der Waals surface area contributed by atoms with Crippen molar-refractivity contribution in [3.63, 3.8) is 0 Å². The van der Waals surface area contributed by atoms with E-state index in [9.17, 15) is 9.90 Å².